The van der Waals surface area contributed by atoms with E-state index in [-0.39, 0.29) is 23.5 Å². The number of hydrogen-bond donors (Lipinski definition) is 2. The lowest BCUT2D eigenvalue weighted by atomic mass is 9.96. The Balaban J connectivity index is 1.45. The van der Waals surface area contributed by atoms with Gasteiger partial charge in [0.2, 0.25) is 11.8 Å². The van der Waals surface area contributed by atoms with Crippen LogP contribution in [0.2, 0.25) is 0 Å². The van der Waals surface area contributed by atoms with Crippen molar-refractivity contribution >= 4 is 35.1 Å². The average Bonchev–Trinajstić information content (AvgIpc) is 2.76. The summed E-state index contributed by atoms with van der Waals surface area (Å²) >= 11 is 1.37. The van der Waals surface area contributed by atoms with E-state index in [0.717, 1.165) is 61.5 Å². The fraction of sp³-hybridized carbons (Fsp3) is 0.478. The number of carbonyl (C=O) groups is 2. The third-order valence-electron chi connectivity index (χ3n) is 5.22. The highest BCUT2D eigenvalue weighted by Gasteiger charge is 2.25. The lowest BCUT2D eigenvalue weighted by Crippen LogP contribution is -2.41. The molecular formula is C23H31N5O2S. The zero-order chi connectivity index (χ0) is 22.2. The predicted octanol–water partition coefficient (Wildman–Crippen LogP) is 3.57. The molecule has 2 amide bonds. The Bertz CT molecular complexity index is 875. The Morgan fingerprint density at radius 2 is 1.81 bits per heavy atom. The Labute approximate surface area is 188 Å². The molecule has 0 bridgehead atoms. The fourth-order valence-corrected chi connectivity index (χ4v) is 4.32. The van der Waals surface area contributed by atoms with E-state index in [1.54, 1.807) is 0 Å². The molecule has 0 atom stereocenters. The highest BCUT2D eigenvalue weighted by atomic mass is 32.2. The first kappa shape index (κ1) is 23.1. The van der Waals surface area contributed by atoms with E-state index < -0.39 is 0 Å². The van der Waals surface area contributed by atoms with E-state index in [1.165, 1.54) is 11.8 Å². The Hall–Kier alpha value is -2.61. The van der Waals surface area contributed by atoms with Crippen LogP contribution < -0.4 is 15.5 Å². The topological polar surface area (TPSA) is 87.2 Å². The molecule has 0 unspecified atom stereocenters. The zero-order valence-electron chi connectivity index (χ0n) is 18.5. The highest BCUT2D eigenvalue weighted by Crippen LogP contribution is 2.23. The van der Waals surface area contributed by atoms with Gasteiger partial charge in [0.15, 0.2) is 5.82 Å². The van der Waals surface area contributed by atoms with Gasteiger partial charge in [0.1, 0.15) is 5.03 Å². The summed E-state index contributed by atoms with van der Waals surface area (Å²) in [6.07, 6.45) is 2.61. The van der Waals surface area contributed by atoms with Gasteiger partial charge >= 0.3 is 0 Å². The van der Waals surface area contributed by atoms with E-state index in [9.17, 15) is 9.59 Å². The molecule has 0 radical (unpaired) electrons. The number of aryl methyl sites for hydroxylation is 2. The molecule has 1 aliphatic rings. The van der Waals surface area contributed by atoms with Gasteiger partial charge in [-0.25, -0.2) is 0 Å². The number of anilines is 2. The van der Waals surface area contributed by atoms with Crippen molar-refractivity contribution in [2.75, 3.05) is 35.6 Å². The van der Waals surface area contributed by atoms with Crippen molar-refractivity contribution in [1.29, 1.82) is 0 Å². The van der Waals surface area contributed by atoms with Gasteiger partial charge in [-0.1, -0.05) is 24.8 Å². The molecule has 1 fully saturated rings. The summed E-state index contributed by atoms with van der Waals surface area (Å²) in [5, 5.41) is 15.2. The van der Waals surface area contributed by atoms with E-state index in [2.05, 4.69) is 38.7 Å². The molecule has 8 heteroatoms. The summed E-state index contributed by atoms with van der Waals surface area (Å²) in [5.74, 6) is 1.28. The minimum atomic E-state index is -0.0655. The number of nitrogens with one attached hydrogen (secondary N) is 2. The Morgan fingerprint density at radius 3 is 2.42 bits per heavy atom. The van der Waals surface area contributed by atoms with Crippen molar-refractivity contribution in [3.63, 3.8) is 0 Å². The van der Waals surface area contributed by atoms with Crippen LogP contribution in [0.15, 0.2) is 35.4 Å². The zero-order valence-corrected chi connectivity index (χ0v) is 19.3. The van der Waals surface area contributed by atoms with Gasteiger partial charge in [-0.2, -0.15) is 0 Å². The fourth-order valence-electron chi connectivity index (χ4n) is 3.71. The standard InChI is InChI=1S/C23H31N5O2S/c1-4-9-24-23(30)18-7-10-28(11-8-18)20-5-6-22(27-26-20)31-15-21(29)25-19-13-16(2)12-17(3)14-19/h5-6,12-14,18H,4,7-11,15H2,1-3H3,(H,24,30)(H,25,29). The molecule has 2 N–H and O–H groups in total. The second-order valence-corrected chi connectivity index (χ2v) is 8.99. The van der Waals surface area contributed by atoms with Crippen molar-refractivity contribution in [3.8, 4) is 0 Å². The quantitative estimate of drug-likeness (QED) is 0.609. The summed E-state index contributed by atoms with van der Waals surface area (Å²) in [7, 11) is 0. The molecule has 166 valence electrons. The number of thioether (sulfide) groups is 1. The van der Waals surface area contributed by atoms with Crippen LogP contribution >= 0.6 is 11.8 Å². The summed E-state index contributed by atoms with van der Waals surface area (Å²) in [4.78, 5) is 26.5. The molecule has 0 saturated carbocycles. The van der Waals surface area contributed by atoms with E-state index in [0.29, 0.717) is 5.03 Å². The monoisotopic (exact) mass is 441 g/mol. The van der Waals surface area contributed by atoms with Crippen LogP contribution in [-0.4, -0.2) is 47.4 Å². The SMILES string of the molecule is CCCNC(=O)C1CCN(c2ccc(SCC(=O)Nc3cc(C)cc(C)c3)nn2)CC1. The first-order valence-corrected chi connectivity index (χ1v) is 11.8. The van der Waals surface area contributed by atoms with E-state index >= 15 is 0 Å². The average molecular weight is 442 g/mol. The molecule has 3 rings (SSSR count). The molecule has 1 aliphatic heterocycles. The molecule has 7 nitrogen and oxygen atoms in total. The molecular weight excluding hydrogens is 410 g/mol. The van der Waals surface area contributed by atoms with Crippen molar-refractivity contribution in [2.24, 2.45) is 5.92 Å². The number of amides is 2. The van der Waals surface area contributed by atoms with Crippen LogP contribution in [0.1, 0.15) is 37.3 Å². The van der Waals surface area contributed by atoms with Crippen LogP contribution in [0, 0.1) is 19.8 Å². The second kappa shape index (κ2) is 11.1. The smallest absolute Gasteiger partial charge is 0.234 e. The van der Waals surface area contributed by atoms with Crippen molar-refractivity contribution in [3.05, 3.63) is 41.5 Å². The van der Waals surface area contributed by atoms with Crippen LogP contribution in [-0.2, 0) is 9.59 Å². The second-order valence-electron chi connectivity index (χ2n) is 8.00. The minimum absolute atomic E-state index is 0.0655. The largest absolute Gasteiger partial charge is 0.356 e. The minimum Gasteiger partial charge on any atom is -0.356 e. The number of rotatable bonds is 8. The van der Waals surface area contributed by atoms with Crippen molar-refractivity contribution in [1.82, 2.24) is 15.5 Å². The number of nitrogens with zero attached hydrogens (tertiary/aromatic N) is 3. The maximum absolute atomic E-state index is 12.3. The maximum Gasteiger partial charge on any atom is 0.234 e. The lowest BCUT2D eigenvalue weighted by molar-refractivity contribution is -0.125. The molecule has 2 heterocycles. The third-order valence-corrected chi connectivity index (χ3v) is 6.14. The lowest BCUT2D eigenvalue weighted by Gasteiger charge is -2.31. The number of carbonyl (C=O) groups excluding carboxylic acids is 2. The van der Waals surface area contributed by atoms with E-state index in [1.807, 2.05) is 38.1 Å². The Kier molecular flexibility index (Phi) is 8.28. The molecule has 1 aromatic carbocycles. The van der Waals surface area contributed by atoms with Gasteiger partial charge in [-0.3, -0.25) is 9.59 Å². The molecule has 1 aromatic heterocycles. The number of hydrogen-bond acceptors (Lipinski definition) is 6. The van der Waals surface area contributed by atoms with Gasteiger partial charge in [0, 0.05) is 31.2 Å². The maximum atomic E-state index is 12.3. The third kappa shape index (κ3) is 6.95. The van der Waals surface area contributed by atoms with Crippen LogP contribution in [0.3, 0.4) is 0 Å². The molecule has 2 aromatic rings. The van der Waals surface area contributed by atoms with Gasteiger partial charge < -0.3 is 15.5 Å². The van der Waals surface area contributed by atoms with Crippen LogP contribution in [0.4, 0.5) is 11.5 Å². The number of piperidine rings is 1. The van der Waals surface area contributed by atoms with Gasteiger partial charge in [-0.05, 0) is 68.5 Å². The van der Waals surface area contributed by atoms with Gasteiger partial charge in [-0.15, -0.1) is 10.2 Å². The van der Waals surface area contributed by atoms with Crippen molar-refractivity contribution in [2.45, 2.75) is 45.1 Å². The van der Waals surface area contributed by atoms with E-state index in [4.69, 9.17) is 0 Å². The number of benzene rings is 1. The van der Waals surface area contributed by atoms with Crippen molar-refractivity contribution < 1.29 is 9.59 Å². The Morgan fingerprint density at radius 1 is 1.10 bits per heavy atom. The molecule has 0 spiro atoms. The molecule has 1 saturated heterocycles. The predicted molar refractivity (Wildman–Crippen MR) is 126 cm³/mol. The molecule has 31 heavy (non-hydrogen) atoms. The normalized spacial score (nSPS) is 14.4. The highest BCUT2D eigenvalue weighted by molar-refractivity contribution is 7.99. The number of aromatic nitrogens is 2. The first-order valence-electron chi connectivity index (χ1n) is 10.8. The summed E-state index contributed by atoms with van der Waals surface area (Å²) < 4.78 is 0. The van der Waals surface area contributed by atoms with Gasteiger partial charge in [0.05, 0.1) is 5.75 Å². The molecule has 0 aliphatic carbocycles. The summed E-state index contributed by atoms with van der Waals surface area (Å²) in [6, 6.07) is 9.83. The summed E-state index contributed by atoms with van der Waals surface area (Å²) in [6.45, 7) is 8.41. The van der Waals surface area contributed by atoms with Crippen LogP contribution in [0.25, 0.3) is 0 Å². The summed E-state index contributed by atoms with van der Waals surface area (Å²) in [5.41, 5.74) is 3.06. The van der Waals surface area contributed by atoms with Gasteiger partial charge in [0.25, 0.3) is 0 Å². The van der Waals surface area contributed by atoms with Crippen LogP contribution in [0.5, 0.6) is 0 Å². The first-order chi connectivity index (χ1) is 14.9.